The van der Waals surface area contributed by atoms with Gasteiger partial charge in [-0.2, -0.15) is 0 Å². The van der Waals surface area contributed by atoms with Crippen LogP contribution in [0.1, 0.15) is 22.9 Å². The number of hydrogen-bond donors (Lipinski definition) is 0. The molecule has 12 nitrogen and oxygen atoms in total. The van der Waals surface area contributed by atoms with Crippen LogP contribution >= 0.6 is 0 Å². The second-order valence-corrected chi connectivity index (χ2v) is 10.1. The molecule has 10 heterocycles. The van der Waals surface area contributed by atoms with E-state index in [2.05, 4.69) is 44.2 Å². The number of rotatable bonds is 0. The zero-order valence-corrected chi connectivity index (χ0v) is 22.0. The molecule has 204 valence electrons. The molecule has 42 heavy (non-hydrogen) atoms. The van der Waals surface area contributed by atoms with Crippen LogP contribution in [0.3, 0.4) is 0 Å². The largest absolute Gasteiger partial charge is 0.420 e. The highest BCUT2D eigenvalue weighted by Crippen LogP contribution is 2.28. The van der Waals surface area contributed by atoms with Gasteiger partial charge in [0.2, 0.25) is 23.2 Å². The Morgan fingerprint density at radius 1 is 0.524 bits per heavy atom. The van der Waals surface area contributed by atoms with Gasteiger partial charge in [-0.05, 0) is 35.4 Å². The van der Waals surface area contributed by atoms with Gasteiger partial charge in [0.1, 0.15) is 47.9 Å². The molecule has 8 aromatic rings. The Hall–Kier alpha value is -5.46. The van der Waals surface area contributed by atoms with Crippen molar-refractivity contribution in [2.24, 2.45) is 0 Å². The van der Waals surface area contributed by atoms with Gasteiger partial charge in [0.25, 0.3) is 0 Å². The monoisotopic (exact) mass is 556 g/mol. The van der Waals surface area contributed by atoms with Crippen LogP contribution in [0.4, 0.5) is 0 Å². The van der Waals surface area contributed by atoms with E-state index in [0.29, 0.717) is 58.5 Å². The quantitative estimate of drug-likeness (QED) is 0.246. The Morgan fingerprint density at radius 3 is 1.45 bits per heavy atom. The summed E-state index contributed by atoms with van der Waals surface area (Å²) in [5, 5.41) is 0. The van der Waals surface area contributed by atoms with E-state index in [4.69, 9.17) is 28.3 Å². The molecule has 12 rings (SSSR count). The standard InChI is InChI=1S/C30H20N8O4/c1-5-19-6-2-17(1)11-39-12-18-3-7-20(8-4-18)38-16-34-22-10-32-30-26(28(22)38)36-24(42-30)14-40-13-23-35-25-27-21(33-15-37(19)27)9-31-29(25)41-23/h1-10,15-16H,11-14H2. The van der Waals surface area contributed by atoms with Gasteiger partial charge in [-0.25, -0.2) is 29.9 Å². The first-order valence-electron chi connectivity index (χ1n) is 13.3. The fourth-order valence-electron chi connectivity index (χ4n) is 5.35. The minimum absolute atomic E-state index is 0.104. The van der Waals surface area contributed by atoms with Gasteiger partial charge < -0.3 is 18.3 Å². The van der Waals surface area contributed by atoms with Gasteiger partial charge in [0.05, 0.1) is 25.6 Å². The van der Waals surface area contributed by atoms with Crippen molar-refractivity contribution in [1.29, 1.82) is 0 Å². The lowest BCUT2D eigenvalue weighted by atomic mass is 10.2. The topological polar surface area (TPSA) is 132 Å². The van der Waals surface area contributed by atoms with Crippen molar-refractivity contribution in [2.75, 3.05) is 0 Å². The number of benzene rings is 2. The normalized spacial score (nSPS) is 14.1. The maximum Gasteiger partial charge on any atom is 0.249 e. The van der Waals surface area contributed by atoms with Crippen LogP contribution in [-0.2, 0) is 35.9 Å². The number of pyridine rings is 2. The summed E-state index contributed by atoms with van der Waals surface area (Å²) in [6.45, 7) is 1.18. The number of imidazole rings is 2. The Balaban J connectivity index is 1.14. The molecule has 0 radical (unpaired) electrons. The van der Waals surface area contributed by atoms with E-state index < -0.39 is 0 Å². The SMILES string of the molecule is c1cc2ccc1COCc1ccc(cc1)-n1cnc3cnc4oc(nc4c31)COCc1nc3c(ncc4ncn-2c43)o1. The van der Waals surface area contributed by atoms with Crippen LogP contribution in [0.2, 0.25) is 0 Å². The van der Waals surface area contributed by atoms with Crippen molar-refractivity contribution in [3.63, 3.8) is 0 Å². The van der Waals surface area contributed by atoms with Gasteiger partial charge in [-0.15, -0.1) is 0 Å². The number of ether oxygens (including phenoxy) is 2. The molecular weight excluding hydrogens is 536 g/mol. The summed E-state index contributed by atoms with van der Waals surface area (Å²) in [5.41, 5.74) is 9.10. The molecule has 2 aromatic carbocycles. The molecule has 0 aliphatic carbocycles. The molecule has 0 unspecified atom stereocenters. The summed E-state index contributed by atoms with van der Waals surface area (Å²) >= 11 is 0. The molecule has 6 aromatic heterocycles. The van der Waals surface area contributed by atoms with Crippen molar-refractivity contribution in [1.82, 2.24) is 39.0 Å². The van der Waals surface area contributed by atoms with E-state index in [0.717, 1.165) is 33.5 Å². The molecule has 0 spiro atoms. The maximum absolute atomic E-state index is 6.04. The molecule has 0 fully saturated rings. The number of nitrogens with zero attached hydrogens (tertiary/aromatic N) is 8. The number of oxazole rings is 2. The van der Waals surface area contributed by atoms with Crippen LogP contribution in [0.5, 0.6) is 0 Å². The second-order valence-electron chi connectivity index (χ2n) is 10.1. The summed E-state index contributed by atoms with van der Waals surface area (Å²) in [5.74, 6) is 0.774. The third kappa shape index (κ3) is 3.70. The molecular formula is C30H20N8O4. The highest BCUT2D eigenvalue weighted by molar-refractivity contribution is 5.99. The highest BCUT2D eigenvalue weighted by Gasteiger charge is 2.18. The molecule has 0 saturated heterocycles. The minimum Gasteiger partial charge on any atom is -0.420 e. The fraction of sp³-hybridized carbons (Fsp3) is 0.133. The molecule has 0 saturated carbocycles. The van der Waals surface area contributed by atoms with E-state index >= 15 is 0 Å². The highest BCUT2D eigenvalue weighted by atomic mass is 16.5. The van der Waals surface area contributed by atoms with Crippen molar-refractivity contribution in [3.8, 4) is 11.4 Å². The predicted octanol–water partition coefficient (Wildman–Crippen LogP) is 5.18. The lowest BCUT2D eigenvalue weighted by molar-refractivity contribution is 0.0759. The van der Waals surface area contributed by atoms with Gasteiger partial charge in [0, 0.05) is 11.4 Å². The smallest absolute Gasteiger partial charge is 0.249 e. The van der Waals surface area contributed by atoms with Crippen molar-refractivity contribution >= 4 is 44.5 Å². The van der Waals surface area contributed by atoms with E-state index in [1.54, 1.807) is 25.0 Å². The van der Waals surface area contributed by atoms with Crippen LogP contribution < -0.4 is 0 Å². The molecule has 12 heteroatoms. The first kappa shape index (κ1) is 23.3. The first-order valence-corrected chi connectivity index (χ1v) is 13.3. The lowest BCUT2D eigenvalue weighted by Gasteiger charge is -2.09. The Morgan fingerprint density at radius 2 is 0.976 bits per heavy atom. The zero-order valence-electron chi connectivity index (χ0n) is 22.0. The Kier molecular flexibility index (Phi) is 5.00. The molecule has 0 N–H and O–H groups in total. The Labute approximate surface area is 236 Å². The first-order chi connectivity index (χ1) is 20.8. The fourth-order valence-corrected chi connectivity index (χ4v) is 5.35. The van der Waals surface area contributed by atoms with Crippen molar-refractivity contribution in [2.45, 2.75) is 26.4 Å². The van der Waals surface area contributed by atoms with Gasteiger partial charge in [0.15, 0.2) is 11.0 Å². The molecule has 4 aliphatic rings. The van der Waals surface area contributed by atoms with Crippen LogP contribution in [0.25, 0.3) is 55.9 Å². The summed E-state index contributed by atoms with van der Waals surface area (Å²) < 4.78 is 27.7. The summed E-state index contributed by atoms with van der Waals surface area (Å²) in [7, 11) is 0. The molecule has 4 aliphatic heterocycles. The summed E-state index contributed by atoms with van der Waals surface area (Å²) in [6.07, 6.45) is 6.89. The van der Waals surface area contributed by atoms with E-state index in [9.17, 15) is 0 Å². The molecule has 0 amide bonds. The molecule has 0 atom stereocenters. The molecule has 8 bridgehead atoms. The number of hydrogen-bond acceptors (Lipinski definition) is 10. The van der Waals surface area contributed by atoms with Crippen LogP contribution in [0.15, 0.2) is 82.4 Å². The van der Waals surface area contributed by atoms with Crippen molar-refractivity contribution in [3.05, 3.63) is 96.5 Å². The van der Waals surface area contributed by atoms with Gasteiger partial charge in [-0.1, -0.05) is 24.3 Å². The van der Waals surface area contributed by atoms with Crippen LogP contribution in [0, 0.1) is 0 Å². The predicted molar refractivity (Wildman–Crippen MR) is 150 cm³/mol. The lowest BCUT2D eigenvalue weighted by Crippen LogP contribution is -1.98. The maximum atomic E-state index is 6.04. The van der Waals surface area contributed by atoms with Gasteiger partial charge >= 0.3 is 0 Å². The third-order valence-corrected chi connectivity index (χ3v) is 7.37. The summed E-state index contributed by atoms with van der Waals surface area (Å²) in [4.78, 5) is 27.3. The average Bonchev–Trinajstić information content (AvgIpc) is 3.81. The number of aromatic nitrogens is 8. The van der Waals surface area contributed by atoms with E-state index in [1.165, 1.54) is 0 Å². The third-order valence-electron chi connectivity index (χ3n) is 7.37. The van der Waals surface area contributed by atoms with Crippen molar-refractivity contribution < 1.29 is 18.3 Å². The minimum atomic E-state index is 0.104. The van der Waals surface area contributed by atoms with Gasteiger partial charge in [-0.3, -0.25) is 9.13 Å². The average molecular weight is 557 g/mol. The van der Waals surface area contributed by atoms with E-state index in [1.807, 2.05) is 33.4 Å². The second kappa shape index (κ2) is 9.03. The van der Waals surface area contributed by atoms with Crippen LogP contribution in [-0.4, -0.2) is 39.0 Å². The van der Waals surface area contributed by atoms with E-state index in [-0.39, 0.29) is 13.2 Å². The summed E-state index contributed by atoms with van der Waals surface area (Å²) in [6, 6.07) is 16.4. The zero-order chi connectivity index (χ0) is 27.6. The Bertz CT molecular complexity index is 2100.